The van der Waals surface area contributed by atoms with Gasteiger partial charge in [0, 0.05) is 18.2 Å². The summed E-state index contributed by atoms with van der Waals surface area (Å²) in [5.41, 5.74) is 1.54. The number of likely N-dealkylation sites (tertiary alicyclic amines) is 1. The van der Waals surface area contributed by atoms with Crippen molar-refractivity contribution in [1.82, 2.24) is 25.1 Å². The maximum atomic E-state index is 13.0. The highest BCUT2D eigenvalue weighted by Gasteiger charge is 2.35. The van der Waals surface area contributed by atoms with Crippen molar-refractivity contribution in [2.45, 2.75) is 44.6 Å². The number of nitrogens with zero attached hydrogens (tertiary/aromatic N) is 5. The van der Waals surface area contributed by atoms with Crippen LogP contribution < -0.4 is 0 Å². The van der Waals surface area contributed by atoms with Gasteiger partial charge in [-0.3, -0.25) is 4.79 Å². The third-order valence-electron chi connectivity index (χ3n) is 5.21. The fourth-order valence-electron chi connectivity index (χ4n) is 4.10. The van der Waals surface area contributed by atoms with Crippen molar-refractivity contribution in [1.29, 1.82) is 0 Å². The molecule has 0 N–H and O–H groups in total. The molecule has 2 aromatic rings. The van der Waals surface area contributed by atoms with E-state index in [1.807, 2.05) is 24.3 Å². The Hall–Kier alpha value is -2.24. The molecule has 0 bridgehead atoms. The number of carbonyl (C=O) groups is 1. The van der Waals surface area contributed by atoms with E-state index in [0.29, 0.717) is 12.0 Å². The van der Waals surface area contributed by atoms with Crippen LogP contribution in [0.4, 0.5) is 0 Å². The van der Waals surface area contributed by atoms with Gasteiger partial charge in [0.2, 0.25) is 0 Å². The Morgan fingerprint density at radius 1 is 1.13 bits per heavy atom. The highest BCUT2D eigenvalue weighted by molar-refractivity contribution is 5.95. The normalized spacial score (nSPS) is 24.3. The Bertz CT molecular complexity index is 682. The van der Waals surface area contributed by atoms with Gasteiger partial charge in [0.25, 0.3) is 5.91 Å². The predicted octanol–water partition coefficient (Wildman–Crippen LogP) is 2.46. The molecule has 0 radical (unpaired) electrons. The average molecular weight is 311 g/mol. The summed E-state index contributed by atoms with van der Waals surface area (Å²) in [6.07, 6.45) is 8.94. The molecule has 2 heterocycles. The number of benzene rings is 1. The van der Waals surface area contributed by atoms with E-state index in [1.165, 1.54) is 25.7 Å². The highest BCUT2D eigenvalue weighted by atomic mass is 16.2. The maximum absolute atomic E-state index is 13.0. The van der Waals surface area contributed by atoms with Gasteiger partial charge in [0.05, 0.1) is 5.69 Å². The Morgan fingerprint density at radius 2 is 2.00 bits per heavy atom. The summed E-state index contributed by atoms with van der Waals surface area (Å²) in [6, 6.07) is 8.01. The molecule has 6 nitrogen and oxygen atoms in total. The monoisotopic (exact) mass is 311 g/mol. The van der Waals surface area contributed by atoms with Crippen LogP contribution in [0.2, 0.25) is 0 Å². The van der Waals surface area contributed by atoms with Crippen LogP contribution >= 0.6 is 0 Å². The molecule has 1 saturated heterocycles. The second-order valence-corrected chi connectivity index (χ2v) is 6.56. The number of hydrogen-bond donors (Lipinski definition) is 0. The third-order valence-corrected chi connectivity index (χ3v) is 5.21. The molecule has 0 unspecified atom stereocenters. The van der Waals surface area contributed by atoms with Gasteiger partial charge in [0.15, 0.2) is 0 Å². The van der Waals surface area contributed by atoms with Gasteiger partial charge in [-0.15, -0.1) is 5.10 Å². The fraction of sp³-hybridized carbons (Fsp3) is 0.529. The van der Waals surface area contributed by atoms with Crippen LogP contribution in [0, 0.1) is 5.92 Å². The van der Waals surface area contributed by atoms with Gasteiger partial charge in [0.1, 0.15) is 6.33 Å². The first kappa shape index (κ1) is 14.4. The van der Waals surface area contributed by atoms with Crippen molar-refractivity contribution in [3.63, 3.8) is 0 Å². The molecule has 1 saturated carbocycles. The number of hydrogen-bond acceptors (Lipinski definition) is 4. The summed E-state index contributed by atoms with van der Waals surface area (Å²) in [6.45, 7) is 0.884. The molecule has 4 rings (SSSR count). The molecule has 2 fully saturated rings. The van der Waals surface area contributed by atoms with E-state index in [9.17, 15) is 4.79 Å². The number of fused-ring (bicyclic) bond motifs is 1. The topological polar surface area (TPSA) is 63.9 Å². The summed E-state index contributed by atoms with van der Waals surface area (Å²) >= 11 is 0. The average Bonchev–Trinajstić information content (AvgIpc) is 3.15. The summed E-state index contributed by atoms with van der Waals surface area (Å²) in [4.78, 5) is 15.2. The smallest absolute Gasteiger partial charge is 0.254 e. The fourth-order valence-corrected chi connectivity index (χ4v) is 4.10. The molecule has 2 atom stereocenters. The number of tetrazole rings is 1. The van der Waals surface area contributed by atoms with E-state index in [0.717, 1.165) is 30.6 Å². The largest absolute Gasteiger partial charge is 0.335 e. The lowest BCUT2D eigenvalue weighted by Gasteiger charge is -2.44. The number of amides is 1. The first-order chi connectivity index (χ1) is 11.3. The van der Waals surface area contributed by atoms with Gasteiger partial charge < -0.3 is 4.90 Å². The second-order valence-electron chi connectivity index (χ2n) is 6.56. The molecule has 1 aliphatic carbocycles. The zero-order valence-electron chi connectivity index (χ0n) is 13.1. The first-order valence-electron chi connectivity index (χ1n) is 8.47. The van der Waals surface area contributed by atoms with E-state index in [4.69, 9.17) is 0 Å². The minimum Gasteiger partial charge on any atom is -0.335 e. The standard InChI is InChI=1S/C17H21N5O/c23-17(21-10-4-7-13-5-1-2-9-16(13)21)14-6-3-8-15(11-14)22-12-18-19-20-22/h3,6,8,11-13,16H,1-2,4-5,7,9-10H2/t13-,16+/m1/s1. The first-order valence-corrected chi connectivity index (χ1v) is 8.47. The number of piperidine rings is 1. The Balaban J connectivity index is 1.60. The lowest BCUT2D eigenvalue weighted by Crippen LogP contribution is -2.49. The van der Waals surface area contributed by atoms with E-state index in [-0.39, 0.29) is 5.91 Å². The quantitative estimate of drug-likeness (QED) is 0.854. The summed E-state index contributed by atoms with van der Waals surface area (Å²) in [5.74, 6) is 0.848. The van der Waals surface area contributed by atoms with Crippen LogP contribution in [0.5, 0.6) is 0 Å². The third kappa shape index (κ3) is 2.73. The zero-order chi connectivity index (χ0) is 15.6. The van der Waals surface area contributed by atoms with Gasteiger partial charge in [-0.05, 0) is 60.2 Å². The van der Waals surface area contributed by atoms with Crippen LogP contribution in [0.1, 0.15) is 48.9 Å². The molecule has 1 amide bonds. The zero-order valence-corrected chi connectivity index (χ0v) is 13.1. The molecule has 1 aliphatic heterocycles. The van der Waals surface area contributed by atoms with E-state index >= 15 is 0 Å². The second kappa shape index (κ2) is 6.10. The Kier molecular flexibility index (Phi) is 3.81. The molecule has 23 heavy (non-hydrogen) atoms. The van der Waals surface area contributed by atoms with Crippen LogP contribution in [-0.2, 0) is 0 Å². The lowest BCUT2D eigenvalue weighted by atomic mass is 9.78. The van der Waals surface area contributed by atoms with Crippen LogP contribution in [0.25, 0.3) is 5.69 Å². The molecule has 120 valence electrons. The molecular weight excluding hydrogens is 290 g/mol. The molecule has 1 aromatic carbocycles. The van der Waals surface area contributed by atoms with E-state index in [2.05, 4.69) is 20.4 Å². The number of aromatic nitrogens is 4. The minimum atomic E-state index is 0.150. The van der Waals surface area contributed by atoms with Crippen LogP contribution in [-0.4, -0.2) is 43.6 Å². The van der Waals surface area contributed by atoms with Crippen LogP contribution in [0.15, 0.2) is 30.6 Å². The Morgan fingerprint density at radius 3 is 2.87 bits per heavy atom. The summed E-state index contributed by atoms with van der Waals surface area (Å²) < 4.78 is 1.58. The minimum absolute atomic E-state index is 0.150. The molecule has 6 heteroatoms. The predicted molar refractivity (Wildman–Crippen MR) is 85.2 cm³/mol. The van der Waals surface area contributed by atoms with E-state index in [1.54, 1.807) is 11.0 Å². The lowest BCUT2D eigenvalue weighted by molar-refractivity contribution is 0.0390. The van der Waals surface area contributed by atoms with Crippen molar-refractivity contribution in [3.8, 4) is 5.69 Å². The van der Waals surface area contributed by atoms with Crippen LogP contribution in [0.3, 0.4) is 0 Å². The molecule has 2 aliphatic rings. The maximum Gasteiger partial charge on any atom is 0.254 e. The van der Waals surface area contributed by atoms with Crippen molar-refractivity contribution in [2.75, 3.05) is 6.54 Å². The van der Waals surface area contributed by atoms with Crippen molar-refractivity contribution in [2.24, 2.45) is 5.92 Å². The summed E-state index contributed by atoms with van der Waals surface area (Å²) in [5, 5.41) is 11.2. The van der Waals surface area contributed by atoms with E-state index < -0.39 is 0 Å². The van der Waals surface area contributed by atoms with Crippen molar-refractivity contribution < 1.29 is 4.79 Å². The highest BCUT2D eigenvalue weighted by Crippen LogP contribution is 2.36. The summed E-state index contributed by atoms with van der Waals surface area (Å²) in [7, 11) is 0. The van der Waals surface area contributed by atoms with Gasteiger partial charge in [-0.25, -0.2) is 4.68 Å². The van der Waals surface area contributed by atoms with Gasteiger partial charge in [-0.1, -0.05) is 18.9 Å². The molecule has 0 spiro atoms. The molecular formula is C17H21N5O. The van der Waals surface area contributed by atoms with Gasteiger partial charge >= 0.3 is 0 Å². The number of carbonyl (C=O) groups excluding carboxylic acids is 1. The Labute approximate surface area is 135 Å². The van der Waals surface area contributed by atoms with Crippen molar-refractivity contribution >= 4 is 5.91 Å². The SMILES string of the molecule is O=C(c1cccc(-n2cnnn2)c1)N1CCC[C@H]2CCCC[C@@H]21. The molecule has 1 aromatic heterocycles. The van der Waals surface area contributed by atoms with Crippen molar-refractivity contribution in [3.05, 3.63) is 36.2 Å². The van der Waals surface area contributed by atoms with Gasteiger partial charge in [-0.2, -0.15) is 0 Å². The number of rotatable bonds is 2.